The summed E-state index contributed by atoms with van der Waals surface area (Å²) < 4.78 is 11.9. The number of nitrogens with zero attached hydrogens (tertiary/aromatic N) is 2. The van der Waals surface area contributed by atoms with Crippen LogP contribution < -0.4 is 5.32 Å². The van der Waals surface area contributed by atoms with Crippen LogP contribution in [-0.2, 0) is 27.2 Å². The molecule has 2 aromatic rings. The van der Waals surface area contributed by atoms with E-state index in [0.717, 1.165) is 16.5 Å². The molecule has 2 rings (SSSR count). The summed E-state index contributed by atoms with van der Waals surface area (Å²) in [6, 6.07) is 6.40. The summed E-state index contributed by atoms with van der Waals surface area (Å²) in [5.41, 5.74) is 1.39. The molecule has 146 valence electrons. The Bertz CT molecular complexity index is 970. The van der Waals surface area contributed by atoms with E-state index in [-0.39, 0.29) is 6.42 Å². The number of carbonyl (C=O) groups is 2. The van der Waals surface area contributed by atoms with Crippen molar-refractivity contribution in [3.05, 3.63) is 35.5 Å². The van der Waals surface area contributed by atoms with Gasteiger partial charge in [-0.05, 0) is 44.5 Å². The van der Waals surface area contributed by atoms with Crippen molar-refractivity contribution in [1.82, 2.24) is 9.88 Å². The highest BCUT2D eigenvalue weighted by Crippen LogP contribution is 2.24. The maximum atomic E-state index is 12.2. The molecule has 0 fully saturated rings. The van der Waals surface area contributed by atoms with Crippen molar-refractivity contribution in [2.75, 3.05) is 7.11 Å². The molecule has 0 aliphatic carbocycles. The molecule has 1 atom stereocenters. The predicted molar refractivity (Wildman–Crippen MR) is 104 cm³/mol. The number of nitrogens with one attached hydrogen (secondary N) is 1. The van der Waals surface area contributed by atoms with Crippen LogP contribution in [0.3, 0.4) is 0 Å². The Morgan fingerprint density at radius 3 is 2.64 bits per heavy atom. The maximum Gasteiger partial charge on any atom is 0.408 e. The summed E-state index contributed by atoms with van der Waals surface area (Å²) >= 11 is 0. The second kappa shape index (κ2) is 8.49. The van der Waals surface area contributed by atoms with Crippen LogP contribution in [0, 0.1) is 23.7 Å². The molecule has 1 aromatic heterocycles. The van der Waals surface area contributed by atoms with Crippen LogP contribution in [0.15, 0.2) is 24.4 Å². The van der Waals surface area contributed by atoms with Gasteiger partial charge in [-0.25, -0.2) is 9.59 Å². The van der Waals surface area contributed by atoms with Gasteiger partial charge in [0.05, 0.1) is 25.3 Å². The van der Waals surface area contributed by atoms with Crippen LogP contribution >= 0.6 is 0 Å². The van der Waals surface area contributed by atoms with Crippen LogP contribution in [0.1, 0.15) is 31.9 Å². The first-order chi connectivity index (χ1) is 13.2. The standard InChI is InChI=1S/C21H23N3O4/c1-6-9-24-13-15(16-10-14(12-22)7-8-18(16)24)11-17(19(25)27-5)23-20(26)28-21(2,3)4/h1,7-8,10,13,17H,9,11H2,2-5H3,(H,23,26)/t17-/m0/s1. The highest BCUT2D eigenvalue weighted by atomic mass is 16.6. The number of terminal acetylenes is 1. The lowest BCUT2D eigenvalue weighted by Gasteiger charge is -2.22. The number of benzene rings is 1. The Labute approximate surface area is 164 Å². The van der Waals surface area contributed by atoms with Gasteiger partial charge >= 0.3 is 12.1 Å². The van der Waals surface area contributed by atoms with Gasteiger partial charge in [-0.3, -0.25) is 0 Å². The van der Waals surface area contributed by atoms with E-state index in [0.29, 0.717) is 12.1 Å². The third-order valence-electron chi connectivity index (χ3n) is 3.96. The van der Waals surface area contributed by atoms with Gasteiger partial charge < -0.3 is 19.4 Å². The molecule has 0 spiro atoms. The molecule has 0 unspecified atom stereocenters. The molecule has 28 heavy (non-hydrogen) atoms. The molecule has 0 saturated heterocycles. The molecule has 0 aliphatic heterocycles. The summed E-state index contributed by atoms with van der Waals surface area (Å²) in [5.74, 6) is 1.98. The lowest BCUT2D eigenvalue weighted by Crippen LogP contribution is -2.45. The third-order valence-corrected chi connectivity index (χ3v) is 3.96. The van der Waals surface area contributed by atoms with E-state index in [1.54, 1.807) is 32.9 Å². The molecule has 1 aromatic carbocycles. The van der Waals surface area contributed by atoms with Gasteiger partial charge in [-0.1, -0.05) is 5.92 Å². The van der Waals surface area contributed by atoms with E-state index in [9.17, 15) is 14.9 Å². The molecule has 0 aliphatic rings. The summed E-state index contributed by atoms with van der Waals surface area (Å²) in [7, 11) is 1.25. The van der Waals surface area contributed by atoms with Crippen LogP contribution in [-0.4, -0.2) is 35.4 Å². The zero-order chi connectivity index (χ0) is 20.9. The molecule has 1 amide bonds. The lowest BCUT2D eigenvalue weighted by atomic mass is 10.0. The van der Waals surface area contributed by atoms with Crippen molar-refractivity contribution in [2.45, 2.75) is 45.4 Å². The van der Waals surface area contributed by atoms with E-state index < -0.39 is 23.7 Å². The fourth-order valence-electron chi connectivity index (χ4n) is 2.84. The summed E-state index contributed by atoms with van der Waals surface area (Å²) in [6.07, 6.45) is 6.71. The molecule has 0 bridgehead atoms. The zero-order valence-corrected chi connectivity index (χ0v) is 16.4. The monoisotopic (exact) mass is 381 g/mol. The average molecular weight is 381 g/mol. The first-order valence-corrected chi connectivity index (χ1v) is 8.71. The number of carbonyl (C=O) groups excluding carboxylic acids is 2. The van der Waals surface area contributed by atoms with E-state index in [1.807, 2.05) is 16.8 Å². The van der Waals surface area contributed by atoms with Crippen LogP contribution in [0.2, 0.25) is 0 Å². The highest BCUT2D eigenvalue weighted by Gasteiger charge is 2.26. The summed E-state index contributed by atoms with van der Waals surface area (Å²) in [4.78, 5) is 24.4. The fourth-order valence-corrected chi connectivity index (χ4v) is 2.84. The minimum atomic E-state index is -0.949. The maximum absolute atomic E-state index is 12.2. The van der Waals surface area contributed by atoms with Crippen molar-refractivity contribution in [1.29, 1.82) is 5.26 Å². The van der Waals surface area contributed by atoms with Crippen LogP contribution in [0.25, 0.3) is 10.9 Å². The Morgan fingerprint density at radius 1 is 1.36 bits per heavy atom. The number of methoxy groups -OCH3 is 1. The van der Waals surface area contributed by atoms with Gasteiger partial charge in [0, 0.05) is 23.5 Å². The van der Waals surface area contributed by atoms with E-state index in [4.69, 9.17) is 15.9 Å². The Hall–Kier alpha value is -3.45. The minimum Gasteiger partial charge on any atom is -0.467 e. The molecule has 7 heteroatoms. The Kier molecular flexibility index (Phi) is 6.33. The number of fused-ring (bicyclic) bond motifs is 1. The van der Waals surface area contributed by atoms with Crippen molar-refractivity contribution in [3.8, 4) is 18.4 Å². The van der Waals surface area contributed by atoms with Crippen LogP contribution in [0.5, 0.6) is 0 Å². The Balaban J connectivity index is 2.39. The number of ether oxygens (including phenoxy) is 2. The average Bonchev–Trinajstić information content (AvgIpc) is 2.96. The molecular weight excluding hydrogens is 358 g/mol. The zero-order valence-electron chi connectivity index (χ0n) is 16.4. The van der Waals surface area contributed by atoms with Crippen molar-refractivity contribution in [2.24, 2.45) is 0 Å². The van der Waals surface area contributed by atoms with Gasteiger partial charge in [0.25, 0.3) is 0 Å². The van der Waals surface area contributed by atoms with E-state index >= 15 is 0 Å². The second-order valence-corrected chi connectivity index (χ2v) is 7.26. The minimum absolute atomic E-state index is 0.162. The number of nitriles is 1. The SMILES string of the molecule is C#CCn1cc(C[C@H](NC(=O)OC(C)(C)C)C(=O)OC)c2cc(C#N)ccc21. The fraction of sp³-hybridized carbons (Fsp3) is 0.381. The van der Waals surface area contributed by atoms with Gasteiger partial charge in [-0.15, -0.1) is 6.42 Å². The van der Waals surface area contributed by atoms with Crippen molar-refractivity contribution in [3.63, 3.8) is 0 Å². The predicted octanol–water partition coefficient (Wildman–Crippen LogP) is 2.75. The van der Waals surface area contributed by atoms with Crippen molar-refractivity contribution < 1.29 is 19.1 Å². The normalized spacial score (nSPS) is 11.9. The first-order valence-electron chi connectivity index (χ1n) is 8.71. The topological polar surface area (TPSA) is 93.3 Å². The number of alkyl carbamates (subject to hydrolysis) is 1. The number of esters is 1. The van der Waals surface area contributed by atoms with Gasteiger partial charge in [-0.2, -0.15) is 5.26 Å². The van der Waals surface area contributed by atoms with Crippen molar-refractivity contribution >= 4 is 23.0 Å². The first kappa shape index (κ1) is 20.9. The van der Waals surface area contributed by atoms with Gasteiger partial charge in [0.1, 0.15) is 11.6 Å². The third kappa shape index (κ3) is 5.05. The Morgan fingerprint density at radius 2 is 2.07 bits per heavy atom. The smallest absolute Gasteiger partial charge is 0.408 e. The summed E-state index contributed by atoms with van der Waals surface area (Å²) in [5, 5.41) is 12.5. The molecular formula is C21H23N3O4. The van der Waals surface area contributed by atoms with E-state index in [1.165, 1.54) is 7.11 Å². The highest BCUT2D eigenvalue weighted by molar-refractivity contribution is 5.87. The largest absolute Gasteiger partial charge is 0.467 e. The van der Waals surface area contributed by atoms with Gasteiger partial charge in [0.15, 0.2) is 0 Å². The number of hydrogen-bond acceptors (Lipinski definition) is 5. The van der Waals surface area contributed by atoms with E-state index in [2.05, 4.69) is 17.3 Å². The number of aromatic nitrogens is 1. The number of amides is 1. The van der Waals surface area contributed by atoms with Gasteiger partial charge in [0.2, 0.25) is 0 Å². The molecule has 0 saturated carbocycles. The van der Waals surface area contributed by atoms with Crippen LogP contribution in [0.4, 0.5) is 4.79 Å². The lowest BCUT2D eigenvalue weighted by molar-refractivity contribution is -0.143. The number of rotatable bonds is 5. The number of hydrogen-bond donors (Lipinski definition) is 1. The molecule has 1 heterocycles. The quantitative estimate of drug-likeness (QED) is 0.635. The molecule has 7 nitrogen and oxygen atoms in total. The summed E-state index contributed by atoms with van der Waals surface area (Å²) in [6.45, 7) is 5.54. The second-order valence-electron chi connectivity index (χ2n) is 7.26. The molecule has 0 radical (unpaired) electrons. The molecule has 1 N–H and O–H groups in total.